The van der Waals surface area contributed by atoms with Crippen LogP contribution in [-0.2, 0) is 0 Å². The monoisotopic (exact) mass is 249 g/mol. The van der Waals surface area contributed by atoms with Crippen molar-refractivity contribution in [3.05, 3.63) is 71.8 Å². The van der Waals surface area contributed by atoms with E-state index in [2.05, 4.69) is 15.3 Å². The molecule has 0 bridgehead atoms. The molecule has 0 saturated heterocycles. The average molecular weight is 249 g/mol. The van der Waals surface area contributed by atoms with Gasteiger partial charge in [0.05, 0.1) is 0 Å². The molecule has 0 amide bonds. The molecular formula is C16H15N3. The summed E-state index contributed by atoms with van der Waals surface area (Å²) >= 11 is 0. The summed E-state index contributed by atoms with van der Waals surface area (Å²) in [4.78, 5) is 9.09. The lowest BCUT2D eigenvalue weighted by molar-refractivity contribution is 0.771. The first-order chi connectivity index (χ1) is 9.33. The fraction of sp³-hybridized carbons (Fsp3) is 0.125. The van der Waals surface area contributed by atoms with Crippen molar-refractivity contribution >= 4 is 11.7 Å². The second kappa shape index (κ2) is 5.06. The molecule has 3 rings (SSSR count). The fourth-order valence-electron chi connectivity index (χ4n) is 2.06. The van der Waals surface area contributed by atoms with Crippen LogP contribution in [0.15, 0.2) is 70.6 Å². The largest absolute Gasteiger partial charge is 0.324 e. The van der Waals surface area contributed by atoms with Gasteiger partial charge in [-0.25, -0.2) is 9.98 Å². The molecule has 1 aliphatic rings. The van der Waals surface area contributed by atoms with Gasteiger partial charge in [0.2, 0.25) is 0 Å². The third-order valence-electron chi connectivity index (χ3n) is 2.96. The summed E-state index contributed by atoms with van der Waals surface area (Å²) in [7, 11) is 0. The molecule has 0 radical (unpaired) electrons. The number of benzene rings is 2. The third kappa shape index (κ3) is 2.55. The summed E-state index contributed by atoms with van der Waals surface area (Å²) in [5.41, 5.74) is 2.16. The maximum atomic E-state index is 4.55. The van der Waals surface area contributed by atoms with Crippen molar-refractivity contribution in [2.75, 3.05) is 0 Å². The number of hydrogen-bond acceptors (Lipinski definition) is 3. The molecule has 3 heteroatoms. The van der Waals surface area contributed by atoms with Crippen LogP contribution >= 0.6 is 0 Å². The Morgan fingerprint density at radius 1 is 0.737 bits per heavy atom. The Bertz CT molecular complexity index is 559. The first kappa shape index (κ1) is 11.7. The van der Waals surface area contributed by atoms with Crippen molar-refractivity contribution in [2.45, 2.75) is 13.1 Å². The van der Waals surface area contributed by atoms with E-state index in [1.54, 1.807) is 0 Å². The Hall–Kier alpha value is -2.42. The van der Waals surface area contributed by atoms with Crippen LogP contribution in [0.5, 0.6) is 0 Å². The first-order valence-corrected chi connectivity index (χ1v) is 6.36. The van der Waals surface area contributed by atoms with Gasteiger partial charge in [0.25, 0.3) is 0 Å². The number of hydrogen-bond donors (Lipinski definition) is 1. The molecule has 94 valence electrons. The molecule has 2 aromatic rings. The molecule has 0 fully saturated rings. The average Bonchev–Trinajstić information content (AvgIpc) is 2.48. The van der Waals surface area contributed by atoms with Gasteiger partial charge in [0.15, 0.2) is 0 Å². The van der Waals surface area contributed by atoms with Crippen LogP contribution in [0.4, 0.5) is 0 Å². The summed E-state index contributed by atoms with van der Waals surface area (Å²) in [6, 6.07) is 20.2. The topological polar surface area (TPSA) is 36.8 Å². The Morgan fingerprint density at radius 3 is 1.58 bits per heavy atom. The van der Waals surface area contributed by atoms with Gasteiger partial charge in [-0.15, -0.1) is 0 Å². The minimum atomic E-state index is -0.0633. The summed E-state index contributed by atoms with van der Waals surface area (Å²) in [6.45, 7) is 1.99. The third-order valence-corrected chi connectivity index (χ3v) is 2.96. The predicted molar refractivity (Wildman–Crippen MR) is 78.6 cm³/mol. The zero-order chi connectivity index (χ0) is 13.1. The highest BCUT2D eigenvalue weighted by atomic mass is 15.2. The van der Waals surface area contributed by atoms with Gasteiger partial charge in [-0.05, 0) is 6.92 Å². The Labute approximate surface area is 112 Å². The van der Waals surface area contributed by atoms with Crippen LogP contribution in [0.2, 0.25) is 0 Å². The van der Waals surface area contributed by atoms with E-state index in [1.807, 2.05) is 67.6 Å². The molecule has 1 N–H and O–H groups in total. The van der Waals surface area contributed by atoms with E-state index in [0.29, 0.717) is 0 Å². The maximum absolute atomic E-state index is 4.55. The molecule has 3 nitrogen and oxygen atoms in total. The molecule has 0 saturated carbocycles. The van der Waals surface area contributed by atoms with Gasteiger partial charge in [-0.1, -0.05) is 60.7 Å². The van der Waals surface area contributed by atoms with Crippen LogP contribution in [0.1, 0.15) is 18.1 Å². The van der Waals surface area contributed by atoms with Gasteiger partial charge in [0, 0.05) is 11.1 Å². The fourth-order valence-corrected chi connectivity index (χ4v) is 2.06. The van der Waals surface area contributed by atoms with Crippen molar-refractivity contribution in [2.24, 2.45) is 9.98 Å². The SMILES string of the molecule is CC1N=C(c2ccccc2)NC(c2ccccc2)=N1. The summed E-state index contributed by atoms with van der Waals surface area (Å²) < 4.78 is 0. The van der Waals surface area contributed by atoms with Crippen LogP contribution in [0, 0.1) is 0 Å². The Morgan fingerprint density at radius 2 is 1.16 bits per heavy atom. The zero-order valence-corrected chi connectivity index (χ0v) is 10.7. The molecule has 0 aliphatic carbocycles. The maximum Gasteiger partial charge on any atom is 0.141 e. The molecule has 0 atom stereocenters. The number of nitrogens with zero attached hydrogens (tertiary/aromatic N) is 2. The predicted octanol–water partition coefficient (Wildman–Crippen LogP) is 2.83. The van der Waals surface area contributed by atoms with Gasteiger partial charge < -0.3 is 5.32 Å². The van der Waals surface area contributed by atoms with Crippen LogP contribution in [0.3, 0.4) is 0 Å². The molecule has 1 aliphatic heterocycles. The number of nitrogens with one attached hydrogen (secondary N) is 1. The molecule has 0 aromatic heterocycles. The minimum Gasteiger partial charge on any atom is -0.324 e. The second-order valence-electron chi connectivity index (χ2n) is 4.44. The minimum absolute atomic E-state index is 0.0633. The molecule has 1 heterocycles. The van der Waals surface area contributed by atoms with E-state index in [4.69, 9.17) is 0 Å². The smallest absolute Gasteiger partial charge is 0.141 e. The van der Waals surface area contributed by atoms with Crippen molar-refractivity contribution < 1.29 is 0 Å². The lowest BCUT2D eigenvalue weighted by atomic mass is 10.1. The Kier molecular flexibility index (Phi) is 3.11. The van der Waals surface area contributed by atoms with E-state index >= 15 is 0 Å². The lowest BCUT2D eigenvalue weighted by Gasteiger charge is -2.19. The lowest BCUT2D eigenvalue weighted by Crippen LogP contribution is -2.37. The number of aliphatic imine (C=N–C) groups is 2. The van der Waals surface area contributed by atoms with E-state index in [1.165, 1.54) is 0 Å². The quantitative estimate of drug-likeness (QED) is 0.873. The number of amidine groups is 2. The van der Waals surface area contributed by atoms with E-state index in [0.717, 1.165) is 22.8 Å². The van der Waals surface area contributed by atoms with Crippen molar-refractivity contribution in [3.8, 4) is 0 Å². The molecule has 2 aromatic carbocycles. The molecule has 19 heavy (non-hydrogen) atoms. The zero-order valence-electron chi connectivity index (χ0n) is 10.7. The molecule has 0 unspecified atom stereocenters. The van der Waals surface area contributed by atoms with Crippen molar-refractivity contribution in [1.82, 2.24) is 5.32 Å². The number of rotatable bonds is 2. The summed E-state index contributed by atoms with van der Waals surface area (Å²) in [5.74, 6) is 1.75. The highest BCUT2D eigenvalue weighted by molar-refractivity contribution is 6.15. The highest BCUT2D eigenvalue weighted by Gasteiger charge is 2.15. The van der Waals surface area contributed by atoms with Gasteiger partial charge >= 0.3 is 0 Å². The standard InChI is InChI=1S/C16H15N3/c1-12-17-15(13-8-4-2-5-9-13)19-16(18-12)14-10-6-3-7-11-14/h2-12H,1H3,(H,17,18,19). The van der Waals surface area contributed by atoms with E-state index < -0.39 is 0 Å². The summed E-state index contributed by atoms with van der Waals surface area (Å²) in [5, 5.41) is 3.32. The van der Waals surface area contributed by atoms with Gasteiger partial charge in [0.1, 0.15) is 17.8 Å². The van der Waals surface area contributed by atoms with Crippen LogP contribution in [-0.4, -0.2) is 17.8 Å². The summed E-state index contributed by atoms with van der Waals surface area (Å²) in [6.07, 6.45) is -0.0633. The molecule has 0 spiro atoms. The Balaban J connectivity index is 1.92. The van der Waals surface area contributed by atoms with Crippen molar-refractivity contribution in [1.29, 1.82) is 0 Å². The van der Waals surface area contributed by atoms with Gasteiger partial charge in [-0.2, -0.15) is 0 Å². The van der Waals surface area contributed by atoms with Crippen LogP contribution < -0.4 is 5.32 Å². The van der Waals surface area contributed by atoms with Gasteiger partial charge in [-0.3, -0.25) is 0 Å². The van der Waals surface area contributed by atoms with Crippen molar-refractivity contribution in [3.63, 3.8) is 0 Å². The second-order valence-corrected chi connectivity index (χ2v) is 4.44. The first-order valence-electron chi connectivity index (χ1n) is 6.36. The highest BCUT2D eigenvalue weighted by Crippen LogP contribution is 2.10. The molecular weight excluding hydrogens is 234 g/mol. The normalized spacial score (nSPS) is 15.4. The van der Waals surface area contributed by atoms with E-state index in [9.17, 15) is 0 Å². The van der Waals surface area contributed by atoms with E-state index in [-0.39, 0.29) is 6.17 Å². The van der Waals surface area contributed by atoms with Crippen LogP contribution in [0.25, 0.3) is 0 Å².